The van der Waals surface area contributed by atoms with Gasteiger partial charge >= 0.3 is 18.0 Å². The van der Waals surface area contributed by atoms with Crippen LogP contribution in [0.5, 0.6) is 11.5 Å². The zero-order chi connectivity index (χ0) is 19.5. The minimum absolute atomic E-state index is 0.257. The van der Waals surface area contributed by atoms with E-state index < -0.39 is 24.8 Å². The first kappa shape index (κ1) is 21.6. The first-order chi connectivity index (χ1) is 12.4. The largest absolute Gasteiger partial charge is 0.496 e. The summed E-state index contributed by atoms with van der Waals surface area (Å²) in [5.41, 5.74) is 0.827. The molecule has 26 heavy (non-hydrogen) atoms. The maximum atomic E-state index is 11.5. The zero-order valence-electron chi connectivity index (χ0n) is 14.4. The lowest BCUT2D eigenvalue weighted by atomic mass is 10.1. The van der Waals surface area contributed by atoms with Gasteiger partial charge in [-0.2, -0.15) is 0 Å². The molecule has 9 nitrogen and oxygen atoms in total. The predicted octanol–water partition coefficient (Wildman–Crippen LogP) is 2.10. The highest BCUT2D eigenvalue weighted by atomic mass is 79.9. The standard InChI is InChI=1S/C16H20BrNO8/c1-23-12-8-11(17)13(24-2)7-10(12)5-6-18-16(22)26-9-25-15(21)4-3-14(19)20/h7-8H,3-6,9H2,1-2H3,(H,18,22)(H,19,20). The minimum Gasteiger partial charge on any atom is -0.496 e. The molecule has 1 amide bonds. The number of esters is 1. The topological polar surface area (TPSA) is 120 Å². The van der Waals surface area contributed by atoms with Crippen molar-refractivity contribution >= 4 is 34.0 Å². The van der Waals surface area contributed by atoms with Crippen LogP contribution in [-0.2, 0) is 25.5 Å². The van der Waals surface area contributed by atoms with E-state index in [1.54, 1.807) is 19.2 Å². The molecule has 1 rings (SSSR count). The molecule has 0 aliphatic heterocycles. The molecule has 1 aromatic carbocycles. The number of methoxy groups -OCH3 is 2. The van der Waals surface area contributed by atoms with Crippen LogP contribution in [0.25, 0.3) is 0 Å². The first-order valence-corrected chi connectivity index (χ1v) is 8.35. The highest BCUT2D eigenvalue weighted by molar-refractivity contribution is 9.10. The maximum Gasteiger partial charge on any atom is 0.410 e. The number of halogens is 1. The van der Waals surface area contributed by atoms with Gasteiger partial charge in [-0.15, -0.1) is 0 Å². The second-order valence-electron chi connectivity index (χ2n) is 4.94. The average molecular weight is 434 g/mol. The third kappa shape index (κ3) is 7.60. The van der Waals surface area contributed by atoms with Gasteiger partial charge in [0.1, 0.15) is 11.5 Å². The number of nitrogens with one attached hydrogen (secondary N) is 1. The Kier molecular flexibility index (Phi) is 9.27. The van der Waals surface area contributed by atoms with Gasteiger partial charge < -0.3 is 29.4 Å². The molecule has 0 unspecified atom stereocenters. The second kappa shape index (κ2) is 11.2. The van der Waals surface area contributed by atoms with E-state index in [4.69, 9.17) is 14.6 Å². The molecule has 0 heterocycles. The van der Waals surface area contributed by atoms with Gasteiger partial charge in [-0.3, -0.25) is 9.59 Å². The molecule has 10 heteroatoms. The molecule has 1 aromatic rings. The number of hydrogen-bond acceptors (Lipinski definition) is 7. The molecule has 2 N–H and O–H groups in total. The minimum atomic E-state index is -1.11. The van der Waals surface area contributed by atoms with E-state index in [2.05, 4.69) is 30.7 Å². The van der Waals surface area contributed by atoms with Crippen LogP contribution in [0.3, 0.4) is 0 Å². The Balaban J connectivity index is 2.36. The van der Waals surface area contributed by atoms with Crippen molar-refractivity contribution in [2.75, 3.05) is 27.6 Å². The van der Waals surface area contributed by atoms with Crippen LogP contribution in [0.1, 0.15) is 18.4 Å². The maximum absolute atomic E-state index is 11.5. The Bertz CT molecular complexity index is 649. The summed E-state index contributed by atoms with van der Waals surface area (Å²) in [5.74, 6) is -0.593. The number of carbonyl (C=O) groups is 3. The number of carbonyl (C=O) groups excluding carboxylic acids is 2. The van der Waals surface area contributed by atoms with Gasteiger partial charge in [-0.25, -0.2) is 4.79 Å². The van der Waals surface area contributed by atoms with Crippen molar-refractivity contribution < 1.29 is 38.4 Å². The Morgan fingerprint density at radius 1 is 1.08 bits per heavy atom. The first-order valence-electron chi connectivity index (χ1n) is 7.55. The third-order valence-electron chi connectivity index (χ3n) is 3.17. The Labute approximate surface area is 158 Å². The van der Waals surface area contributed by atoms with Crippen LogP contribution in [0.4, 0.5) is 4.79 Å². The van der Waals surface area contributed by atoms with Crippen LogP contribution in [0.15, 0.2) is 16.6 Å². The van der Waals surface area contributed by atoms with Crippen molar-refractivity contribution in [3.05, 3.63) is 22.2 Å². The smallest absolute Gasteiger partial charge is 0.410 e. The van der Waals surface area contributed by atoms with Crippen molar-refractivity contribution in [1.29, 1.82) is 0 Å². The van der Waals surface area contributed by atoms with Crippen LogP contribution in [0.2, 0.25) is 0 Å². The molecule has 0 saturated heterocycles. The number of alkyl carbamates (subject to hydrolysis) is 1. The zero-order valence-corrected chi connectivity index (χ0v) is 16.0. The van der Waals surface area contributed by atoms with Gasteiger partial charge in [0.15, 0.2) is 0 Å². The van der Waals surface area contributed by atoms with Crippen molar-refractivity contribution in [3.8, 4) is 11.5 Å². The Hall–Kier alpha value is -2.49. The van der Waals surface area contributed by atoms with Gasteiger partial charge in [0, 0.05) is 6.54 Å². The molecule has 0 aliphatic rings. The van der Waals surface area contributed by atoms with Crippen LogP contribution in [-0.4, -0.2) is 50.7 Å². The fourth-order valence-corrected chi connectivity index (χ4v) is 2.38. The molecule has 0 bridgehead atoms. The number of aliphatic carboxylic acids is 1. The summed E-state index contributed by atoms with van der Waals surface area (Å²) in [6, 6.07) is 3.56. The number of carboxylic acids is 1. The monoisotopic (exact) mass is 433 g/mol. The van der Waals surface area contributed by atoms with Crippen molar-refractivity contribution in [1.82, 2.24) is 5.32 Å². The molecule has 0 radical (unpaired) electrons. The molecule has 144 valence electrons. The average Bonchev–Trinajstić information content (AvgIpc) is 2.60. The molecule has 0 atom stereocenters. The molecule has 0 fully saturated rings. The van der Waals surface area contributed by atoms with Crippen molar-refractivity contribution in [3.63, 3.8) is 0 Å². The van der Waals surface area contributed by atoms with Crippen LogP contribution >= 0.6 is 15.9 Å². The van der Waals surface area contributed by atoms with E-state index in [0.717, 1.165) is 10.0 Å². The van der Waals surface area contributed by atoms with E-state index in [1.165, 1.54) is 7.11 Å². The predicted molar refractivity (Wildman–Crippen MR) is 93.3 cm³/mol. The molecule has 0 saturated carbocycles. The van der Waals surface area contributed by atoms with E-state index in [0.29, 0.717) is 17.9 Å². The summed E-state index contributed by atoms with van der Waals surface area (Å²) in [4.78, 5) is 33.0. The van der Waals surface area contributed by atoms with Crippen molar-refractivity contribution in [2.45, 2.75) is 19.3 Å². The van der Waals surface area contributed by atoms with Gasteiger partial charge in [0.25, 0.3) is 0 Å². The summed E-state index contributed by atoms with van der Waals surface area (Å²) in [5, 5.41) is 10.9. The summed E-state index contributed by atoms with van der Waals surface area (Å²) < 4.78 is 20.5. The van der Waals surface area contributed by atoms with Crippen LogP contribution in [0, 0.1) is 0 Å². The normalized spacial score (nSPS) is 9.96. The molecular weight excluding hydrogens is 414 g/mol. The van der Waals surface area contributed by atoms with Gasteiger partial charge in [-0.05, 0) is 40.0 Å². The third-order valence-corrected chi connectivity index (χ3v) is 3.79. The summed E-state index contributed by atoms with van der Waals surface area (Å²) >= 11 is 3.36. The summed E-state index contributed by atoms with van der Waals surface area (Å²) in [7, 11) is 3.09. The Morgan fingerprint density at radius 2 is 1.77 bits per heavy atom. The molecule has 0 spiro atoms. The lowest BCUT2D eigenvalue weighted by Gasteiger charge is -2.13. The van der Waals surface area contributed by atoms with Gasteiger partial charge in [0.05, 0.1) is 31.5 Å². The van der Waals surface area contributed by atoms with Crippen LogP contribution < -0.4 is 14.8 Å². The Morgan fingerprint density at radius 3 is 2.38 bits per heavy atom. The number of ether oxygens (including phenoxy) is 4. The number of carboxylic acid groups (broad SMARTS) is 1. The quantitative estimate of drug-likeness (QED) is 0.425. The van der Waals surface area contributed by atoms with E-state index >= 15 is 0 Å². The second-order valence-corrected chi connectivity index (χ2v) is 5.79. The summed E-state index contributed by atoms with van der Waals surface area (Å²) in [6.45, 7) is -0.327. The lowest BCUT2D eigenvalue weighted by Crippen LogP contribution is -2.28. The van der Waals surface area contributed by atoms with E-state index in [-0.39, 0.29) is 19.4 Å². The SMILES string of the molecule is COc1cc(CCNC(=O)OCOC(=O)CCC(=O)O)c(OC)cc1Br. The molecule has 0 aliphatic carbocycles. The highest BCUT2D eigenvalue weighted by Crippen LogP contribution is 2.32. The number of hydrogen-bond donors (Lipinski definition) is 2. The lowest BCUT2D eigenvalue weighted by molar-refractivity contribution is -0.154. The number of benzene rings is 1. The van der Waals surface area contributed by atoms with Gasteiger partial charge in [-0.1, -0.05) is 0 Å². The van der Waals surface area contributed by atoms with Gasteiger partial charge in [0.2, 0.25) is 6.79 Å². The van der Waals surface area contributed by atoms with E-state index in [9.17, 15) is 14.4 Å². The van der Waals surface area contributed by atoms with Crippen molar-refractivity contribution in [2.24, 2.45) is 0 Å². The molecular formula is C16H20BrNO8. The fraction of sp³-hybridized carbons (Fsp3) is 0.438. The highest BCUT2D eigenvalue weighted by Gasteiger charge is 2.11. The number of amides is 1. The van der Waals surface area contributed by atoms with E-state index in [1.807, 2.05) is 0 Å². The fourth-order valence-electron chi connectivity index (χ4n) is 1.90. The molecule has 0 aromatic heterocycles. The number of rotatable bonds is 10. The summed E-state index contributed by atoms with van der Waals surface area (Å²) in [6.07, 6.45) is -0.936.